The number of morpholine rings is 1. The van der Waals surface area contributed by atoms with Crippen molar-refractivity contribution in [2.75, 3.05) is 116 Å². The minimum absolute atomic E-state index is 0.00886. The summed E-state index contributed by atoms with van der Waals surface area (Å²) in [7, 11) is 9.71. The third-order valence-corrected chi connectivity index (χ3v) is 25.9. The second kappa shape index (κ2) is 46.1. The van der Waals surface area contributed by atoms with Crippen LogP contribution >= 0.6 is 0 Å². The Morgan fingerprint density at radius 2 is 0.851 bits per heavy atom. The Balaban J connectivity index is 0.000000133. The SMILES string of the molecule is CC(C)N(C)c1nc2cc(C(=O)O)cnc2nc1C1CCCCC1.CC(C)N(C)c1nc2cc(C(=O)O)cnc2nc1N1CCOCC1.CC(C)c1nc2ncc(C(=O)O)cc2nc1N(C)C(C)C.CN(c1ccccc1)c1nc2c(nc1-c1ccc(F)cc1)N=C(C(=O)O)C2.Cc1nc2nc(-c3ccc4c(c3)OCO4)c(N(C)C(C)C)nc2cc1C(=O)O.O=C(O)C1=Nc2nc(-c3ccc(F)cc3)c(N3CCCC3)nc2C1. The first-order chi connectivity index (χ1) is 70.7. The molecule has 40 nitrogen and oxygen atoms in total. The molecule has 0 radical (unpaired) electrons. The molecule has 15 heterocycles. The van der Waals surface area contributed by atoms with E-state index in [1.807, 2.05) is 117 Å². The van der Waals surface area contributed by atoms with Gasteiger partial charge in [0.25, 0.3) is 0 Å². The van der Waals surface area contributed by atoms with Gasteiger partial charge in [-0.2, -0.15) is 0 Å². The van der Waals surface area contributed by atoms with E-state index in [-0.39, 0.29) is 101 Å². The quantitative estimate of drug-likeness (QED) is 0.0346. The molecule has 768 valence electrons. The summed E-state index contributed by atoms with van der Waals surface area (Å²) >= 11 is 0. The van der Waals surface area contributed by atoms with E-state index in [4.69, 9.17) is 49.5 Å². The van der Waals surface area contributed by atoms with Gasteiger partial charge in [0.1, 0.15) is 62.2 Å². The van der Waals surface area contributed by atoms with Gasteiger partial charge in [-0.15, -0.1) is 0 Å². The number of aliphatic imine (C=N–C) groups is 2. The molecule has 42 heteroatoms. The smallest absolute Gasteiger partial charge is 0.350 e. The lowest BCUT2D eigenvalue weighted by atomic mass is 9.86. The molecular weight excluding hydrogens is 1900 g/mol. The molecule has 4 aromatic carbocycles. The Morgan fingerprint density at radius 1 is 0.399 bits per heavy atom. The molecule has 0 atom stereocenters. The van der Waals surface area contributed by atoms with Crippen LogP contribution in [-0.2, 0) is 27.2 Å². The van der Waals surface area contributed by atoms with Crippen LogP contribution in [0.15, 0.2) is 150 Å². The second-order valence-electron chi connectivity index (χ2n) is 37.5. The fraction of sp³-hybridized carbons (Fsp3) is 0.358. The van der Waals surface area contributed by atoms with Crippen LogP contribution in [0.2, 0.25) is 0 Å². The number of nitrogens with zero attached hydrogens (tertiary/aromatic N) is 25. The molecule has 148 heavy (non-hydrogen) atoms. The monoisotopic (exact) mass is 2020 g/mol. The molecule has 14 aromatic rings. The molecule has 0 amide bonds. The van der Waals surface area contributed by atoms with Gasteiger partial charge in [0.2, 0.25) is 6.79 Å². The van der Waals surface area contributed by atoms with Crippen molar-refractivity contribution < 1.29 is 82.4 Å². The standard InChI is InChI=1S/C20H15FN4O2.C20H20N4O4.C18H24N4O2.C17H15FN4O2.C16H21N5O3.C15H20N4O2/c1-25(14-5-3-2-4-6-14)19-17(12-7-9-13(21)10-8-12)24-18-15(23-19)11-16(22-18)20(26)27;1-10(2)24(4)19-17(12-5-6-15-16(7-12)28-9-27-15)23-18-14(22-19)8-13(20(25)26)11(3)21-18;1-11(2)22(3)17-15(12-7-5-4-6-8-12)21-16-14(20-17)9-13(10-19-16)18(23)24;18-11-5-3-10(4-6-11)14-16(22-7-1-2-8-22)20-12-9-13(17(23)24)19-15(12)21-14;1-10(2)20(3)14-15(21-4-6-24-7-5-21)19-13-12(18-14)8-11(9-17-13)16(22)23;1-8(2)12-14(19(5)9(3)4)17-11-6-10(15(20)21)7-16-13(11)18-12/h2-10H,11H2,1H3,(H,26,27);5-8,10H,9H2,1-4H3,(H,25,26);9-12H,4-8H2,1-3H3,(H,23,24);3-6H,1-2,7-9H2,(H,23,24);8-10H,4-7H2,1-3H3,(H,22,23);6-9H,1-5H3,(H,20,21). The molecule has 3 fully saturated rings. The van der Waals surface area contributed by atoms with E-state index in [0.717, 1.165) is 109 Å². The molecule has 6 N–H and O–H groups in total. The van der Waals surface area contributed by atoms with Gasteiger partial charge in [-0.3, -0.25) is 0 Å². The van der Waals surface area contributed by atoms with Crippen molar-refractivity contribution in [3.8, 4) is 45.3 Å². The van der Waals surface area contributed by atoms with E-state index in [2.05, 4.69) is 140 Å². The van der Waals surface area contributed by atoms with Crippen molar-refractivity contribution in [2.24, 2.45) is 9.98 Å². The van der Waals surface area contributed by atoms with E-state index in [1.54, 1.807) is 37.3 Å². The summed E-state index contributed by atoms with van der Waals surface area (Å²) in [5.74, 6) is 0.741. The molecule has 10 aromatic heterocycles. The second-order valence-corrected chi connectivity index (χ2v) is 37.5. The Kier molecular flexibility index (Phi) is 32.8. The maximum atomic E-state index is 13.4. The number of carboxylic acids is 6. The van der Waals surface area contributed by atoms with Gasteiger partial charge in [-0.05, 0) is 197 Å². The predicted molar refractivity (Wildman–Crippen MR) is 558 cm³/mol. The molecule has 0 spiro atoms. The van der Waals surface area contributed by atoms with E-state index in [0.29, 0.717) is 132 Å². The summed E-state index contributed by atoms with van der Waals surface area (Å²) in [5.41, 5.74) is 12.6. The maximum Gasteiger partial charge on any atom is 0.350 e. The number of aromatic nitrogens is 16. The number of benzene rings is 4. The number of para-hydroxylation sites is 1. The van der Waals surface area contributed by atoms with Gasteiger partial charge in [0.15, 0.2) is 86.4 Å². The Morgan fingerprint density at radius 3 is 1.38 bits per heavy atom. The van der Waals surface area contributed by atoms with Crippen LogP contribution in [0.3, 0.4) is 0 Å². The highest BCUT2D eigenvalue weighted by molar-refractivity contribution is 6.38. The number of pyridine rings is 4. The summed E-state index contributed by atoms with van der Waals surface area (Å²) in [6.07, 6.45) is 12.4. The fourth-order valence-corrected chi connectivity index (χ4v) is 16.7. The first-order valence-electron chi connectivity index (χ1n) is 48.5. The average molecular weight is 2020 g/mol. The van der Waals surface area contributed by atoms with Crippen molar-refractivity contribution in [1.29, 1.82) is 0 Å². The Labute approximate surface area is 850 Å². The fourth-order valence-electron chi connectivity index (χ4n) is 16.7. The van der Waals surface area contributed by atoms with Gasteiger partial charge < -0.3 is 79.1 Å². The van der Waals surface area contributed by atoms with Crippen LogP contribution in [0, 0.1) is 18.6 Å². The van der Waals surface area contributed by atoms with E-state index in [9.17, 15) is 52.9 Å². The highest BCUT2D eigenvalue weighted by atomic mass is 19.1. The van der Waals surface area contributed by atoms with E-state index < -0.39 is 35.8 Å². The summed E-state index contributed by atoms with van der Waals surface area (Å²) in [4.78, 5) is 163. The van der Waals surface area contributed by atoms with Crippen LogP contribution in [0.1, 0.15) is 196 Å². The number of halogens is 2. The number of anilines is 8. The summed E-state index contributed by atoms with van der Waals surface area (Å²) in [6, 6.07) is 34.3. The van der Waals surface area contributed by atoms with Crippen LogP contribution in [0.5, 0.6) is 11.5 Å². The van der Waals surface area contributed by atoms with Crippen LogP contribution in [0.4, 0.5) is 66.8 Å². The lowest BCUT2D eigenvalue weighted by Gasteiger charge is -2.32. The number of fused-ring (bicyclic) bond motifs is 7. The van der Waals surface area contributed by atoms with Gasteiger partial charge in [0.05, 0.1) is 63.9 Å². The minimum Gasteiger partial charge on any atom is -0.478 e. The molecule has 5 aliphatic heterocycles. The Bertz CT molecular complexity index is 7290. The Hall–Kier alpha value is -16.8. The molecule has 0 unspecified atom stereocenters. The number of hydrogen-bond donors (Lipinski definition) is 6. The number of aryl methyl sites for hydroxylation is 1. The number of aromatic carboxylic acids is 4. The first-order valence-corrected chi connectivity index (χ1v) is 48.5. The zero-order valence-electron chi connectivity index (χ0n) is 84.9. The molecule has 20 rings (SSSR count). The molecular formula is C106H115F2N25O15. The third kappa shape index (κ3) is 24.2. The molecule has 6 aliphatic rings. The maximum absolute atomic E-state index is 13.4. The minimum atomic E-state index is -1.09. The predicted octanol–water partition coefficient (Wildman–Crippen LogP) is 17.3. The zero-order chi connectivity index (χ0) is 106. The number of rotatable bonds is 23. The highest BCUT2D eigenvalue weighted by Gasteiger charge is 2.34. The van der Waals surface area contributed by atoms with Gasteiger partial charge >= 0.3 is 35.8 Å². The third-order valence-electron chi connectivity index (χ3n) is 25.9. The van der Waals surface area contributed by atoms with Crippen LogP contribution in [-0.4, -0.2) is 263 Å². The van der Waals surface area contributed by atoms with Crippen LogP contribution < -0.4 is 43.8 Å². The van der Waals surface area contributed by atoms with Gasteiger partial charge in [-0.1, -0.05) is 51.3 Å². The van der Waals surface area contributed by atoms with Crippen molar-refractivity contribution in [1.82, 2.24) is 79.7 Å². The average Bonchev–Trinajstić information content (AvgIpc) is 1.38. The summed E-state index contributed by atoms with van der Waals surface area (Å²) < 4.78 is 42.9. The van der Waals surface area contributed by atoms with Crippen molar-refractivity contribution in [2.45, 2.75) is 170 Å². The molecule has 0 bridgehead atoms. The highest BCUT2D eigenvalue weighted by Crippen LogP contribution is 2.44. The number of hydrogen-bond acceptors (Lipinski definition) is 34. The largest absolute Gasteiger partial charge is 0.478 e. The number of carbonyl (C=O) groups is 6. The molecule has 2 saturated heterocycles. The summed E-state index contributed by atoms with van der Waals surface area (Å²) in [6.45, 7) is 27.1. The van der Waals surface area contributed by atoms with Crippen molar-refractivity contribution >= 4 is 150 Å². The topological polar surface area (TPSA) is 505 Å². The molecule has 1 saturated carbocycles. The van der Waals surface area contributed by atoms with E-state index >= 15 is 0 Å². The van der Waals surface area contributed by atoms with Gasteiger partial charge in [-0.25, -0.2) is 127 Å². The zero-order valence-corrected chi connectivity index (χ0v) is 84.9. The normalized spacial score (nSPS) is 13.9. The lowest BCUT2D eigenvalue weighted by Crippen LogP contribution is -2.39. The summed E-state index contributed by atoms with van der Waals surface area (Å²) in [5, 5.41) is 55.1. The van der Waals surface area contributed by atoms with Crippen molar-refractivity contribution in [3.05, 3.63) is 202 Å². The van der Waals surface area contributed by atoms with Crippen molar-refractivity contribution in [3.63, 3.8) is 0 Å². The number of aliphatic carboxylic acids is 2. The molecule has 1 aliphatic carbocycles. The number of carboxylic acid groups (broad SMARTS) is 6. The first kappa shape index (κ1) is 105. The number of ether oxygens (including phenoxy) is 3. The van der Waals surface area contributed by atoms with Gasteiger partial charge in [0, 0.05) is 145 Å². The van der Waals surface area contributed by atoms with E-state index in [1.165, 1.54) is 80.3 Å². The lowest BCUT2D eigenvalue weighted by molar-refractivity contribution is -0.130. The van der Waals surface area contributed by atoms with Crippen LogP contribution in [0.25, 0.3) is 78.4 Å².